The third-order valence-electron chi connectivity index (χ3n) is 6.86. The number of amidine groups is 1. The van der Waals surface area contributed by atoms with Crippen LogP contribution >= 0.6 is 27.7 Å². The van der Waals surface area contributed by atoms with Crippen molar-refractivity contribution in [1.29, 1.82) is 0 Å². The highest BCUT2D eigenvalue weighted by molar-refractivity contribution is 9.10. The Bertz CT molecular complexity index is 1190. The molecule has 1 amide bonds. The maximum absolute atomic E-state index is 15.2. The summed E-state index contributed by atoms with van der Waals surface area (Å²) in [5, 5.41) is 0.355. The summed E-state index contributed by atoms with van der Waals surface area (Å²) < 4.78 is 36.4. The number of hydrogen-bond acceptors (Lipinski definition) is 6. The Kier molecular flexibility index (Phi) is 6.02. The molecular weight excluding hydrogens is 526 g/mol. The first-order chi connectivity index (χ1) is 16.2. The van der Waals surface area contributed by atoms with Crippen molar-refractivity contribution >= 4 is 51.2 Å². The Morgan fingerprint density at radius 3 is 2.94 bits per heavy atom. The Balaban J connectivity index is 1.48. The third-order valence-corrected chi connectivity index (χ3v) is 8.73. The van der Waals surface area contributed by atoms with Crippen molar-refractivity contribution in [3.63, 3.8) is 0 Å². The summed E-state index contributed by atoms with van der Waals surface area (Å²) in [7, 11) is 0. The van der Waals surface area contributed by atoms with E-state index in [-0.39, 0.29) is 22.5 Å². The Morgan fingerprint density at radius 2 is 2.21 bits per heavy atom. The summed E-state index contributed by atoms with van der Waals surface area (Å²) in [6.07, 6.45) is 4.19. The molecule has 3 aliphatic rings. The van der Waals surface area contributed by atoms with Gasteiger partial charge >= 0.3 is 0 Å². The van der Waals surface area contributed by atoms with Crippen molar-refractivity contribution in [2.24, 2.45) is 16.6 Å². The number of aliphatic imine (C=N–C) groups is 1. The average molecular weight is 549 g/mol. The number of thioether (sulfide) groups is 1. The standard InChI is InChI=1S/C24H23BrF2N4O2S/c1-23(20-10-24(20,34-22(28)30-23)21-12-31(13-32)6-7-33-21)16-8-14(2-4-17(16)26)9-18(27)19-5-3-15(25)11-29-19/h2-5,8-9,11,13,20-21H,6-7,10,12H2,1H3,(H2,28,30)/b18-9-/t20-,21?,23+,24-/m0/s1. The number of hydrogen-bond donors (Lipinski definition) is 1. The molecule has 0 radical (unpaired) electrons. The monoisotopic (exact) mass is 548 g/mol. The average Bonchev–Trinajstić information content (AvgIpc) is 3.57. The van der Waals surface area contributed by atoms with Crippen LogP contribution in [0.5, 0.6) is 0 Å². The number of ether oxygens (including phenoxy) is 1. The Morgan fingerprint density at radius 1 is 1.38 bits per heavy atom. The van der Waals surface area contributed by atoms with E-state index in [1.165, 1.54) is 36.2 Å². The van der Waals surface area contributed by atoms with Crippen LogP contribution in [0.3, 0.4) is 0 Å². The molecule has 1 aliphatic carbocycles. The molecule has 34 heavy (non-hydrogen) atoms. The van der Waals surface area contributed by atoms with Crippen LogP contribution in [0.4, 0.5) is 8.78 Å². The molecule has 5 rings (SSSR count). The Labute approximate surface area is 208 Å². The van der Waals surface area contributed by atoms with Gasteiger partial charge in [-0.05, 0) is 65.2 Å². The van der Waals surface area contributed by atoms with Gasteiger partial charge in [-0.1, -0.05) is 17.8 Å². The van der Waals surface area contributed by atoms with Crippen LogP contribution in [-0.4, -0.2) is 52.0 Å². The zero-order valence-electron chi connectivity index (χ0n) is 18.4. The second-order valence-electron chi connectivity index (χ2n) is 8.96. The Hall–Kier alpha value is -2.30. The summed E-state index contributed by atoms with van der Waals surface area (Å²) >= 11 is 4.74. The van der Waals surface area contributed by atoms with Crippen molar-refractivity contribution in [3.8, 4) is 0 Å². The zero-order chi connectivity index (χ0) is 24.1. The summed E-state index contributed by atoms with van der Waals surface area (Å²) in [6.45, 7) is 3.33. The number of pyridine rings is 1. The van der Waals surface area contributed by atoms with E-state index in [1.54, 1.807) is 23.1 Å². The lowest BCUT2D eigenvalue weighted by molar-refractivity contribution is -0.125. The molecule has 1 saturated carbocycles. The van der Waals surface area contributed by atoms with Crippen molar-refractivity contribution < 1.29 is 18.3 Å². The molecule has 1 unspecified atom stereocenters. The summed E-state index contributed by atoms with van der Waals surface area (Å²) in [5.74, 6) is -0.992. The first-order valence-corrected chi connectivity index (χ1v) is 12.5. The fourth-order valence-corrected chi connectivity index (χ4v) is 6.81. The number of nitrogens with zero attached hydrogens (tertiary/aromatic N) is 3. The number of aromatic nitrogens is 1. The fraction of sp³-hybridized carbons (Fsp3) is 0.375. The molecule has 2 fully saturated rings. The van der Waals surface area contributed by atoms with E-state index in [4.69, 9.17) is 10.5 Å². The van der Waals surface area contributed by atoms with Gasteiger partial charge in [0.25, 0.3) is 0 Å². The predicted octanol–water partition coefficient (Wildman–Crippen LogP) is 4.34. The van der Waals surface area contributed by atoms with Crippen LogP contribution in [-0.2, 0) is 15.1 Å². The van der Waals surface area contributed by atoms with Gasteiger partial charge in [-0.3, -0.25) is 14.8 Å². The SMILES string of the molecule is C[C@]1(c2cc(/C=C(\F)c3ccc(Br)cn3)ccc2F)N=C(N)S[C@@]2(C3CN(C=O)CCO3)C[C@@H]12. The number of nitrogens with two attached hydrogens (primary N) is 1. The largest absolute Gasteiger partial charge is 0.378 e. The maximum Gasteiger partial charge on any atom is 0.209 e. The van der Waals surface area contributed by atoms with Crippen LogP contribution in [0.25, 0.3) is 11.9 Å². The summed E-state index contributed by atoms with van der Waals surface area (Å²) in [6, 6.07) is 7.75. The lowest BCUT2D eigenvalue weighted by Gasteiger charge is -2.40. The second kappa shape index (κ2) is 8.73. The molecule has 1 saturated heterocycles. The van der Waals surface area contributed by atoms with Crippen molar-refractivity contribution in [2.45, 2.75) is 29.7 Å². The molecule has 6 nitrogen and oxygen atoms in total. The number of amides is 1. The molecule has 10 heteroatoms. The first-order valence-electron chi connectivity index (χ1n) is 10.9. The number of carbonyl (C=O) groups excluding carboxylic acids is 1. The number of morpholine rings is 1. The van der Waals surface area contributed by atoms with E-state index in [0.29, 0.717) is 36.0 Å². The van der Waals surface area contributed by atoms with E-state index in [0.717, 1.165) is 17.3 Å². The van der Waals surface area contributed by atoms with Gasteiger partial charge < -0.3 is 15.4 Å². The van der Waals surface area contributed by atoms with Crippen LogP contribution in [0, 0.1) is 11.7 Å². The first kappa shape index (κ1) is 23.4. The lowest BCUT2D eigenvalue weighted by Crippen LogP contribution is -2.51. The molecule has 1 aromatic carbocycles. The highest BCUT2D eigenvalue weighted by atomic mass is 79.9. The lowest BCUT2D eigenvalue weighted by atomic mass is 9.84. The molecular formula is C24H23BrF2N4O2S. The highest BCUT2D eigenvalue weighted by Crippen LogP contribution is 2.68. The van der Waals surface area contributed by atoms with Crippen molar-refractivity contribution in [3.05, 3.63) is 63.6 Å². The quantitative estimate of drug-likeness (QED) is 0.562. The minimum Gasteiger partial charge on any atom is -0.378 e. The van der Waals surface area contributed by atoms with Gasteiger partial charge in [0.05, 0.1) is 28.7 Å². The van der Waals surface area contributed by atoms with Gasteiger partial charge in [-0.25, -0.2) is 8.78 Å². The molecule has 4 atom stereocenters. The van der Waals surface area contributed by atoms with Gasteiger partial charge in [-0.15, -0.1) is 0 Å². The minimum absolute atomic E-state index is 0.0411. The van der Waals surface area contributed by atoms with E-state index in [9.17, 15) is 9.18 Å². The van der Waals surface area contributed by atoms with E-state index in [2.05, 4.69) is 25.9 Å². The molecule has 3 heterocycles. The van der Waals surface area contributed by atoms with Gasteiger partial charge in [0.1, 0.15) is 11.6 Å². The van der Waals surface area contributed by atoms with Gasteiger partial charge in [0.15, 0.2) is 5.17 Å². The molecule has 2 aromatic rings. The summed E-state index contributed by atoms with van der Waals surface area (Å²) in [5.41, 5.74) is 6.35. The van der Waals surface area contributed by atoms with Crippen molar-refractivity contribution in [1.82, 2.24) is 9.88 Å². The molecule has 0 bridgehead atoms. The smallest absolute Gasteiger partial charge is 0.209 e. The van der Waals surface area contributed by atoms with Crippen LogP contribution < -0.4 is 5.73 Å². The molecule has 178 valence electrons. The van der Waals surface area contributed by atoms with Gasteiger partial charge in [-0.2, -0.15) is 0 Å². The predicted molar refractivity (Wildman–Crippen MR) is 132 cm³/mol. The summed E-state index contributed by atoms with van der Waals surface area (Å²) in [4.78, 5) is 21.8. The van der Waals surface area contributed by atoms with E-state index in [1.807, 2.05) is 6.92 Å². The minimum atomic E-state index is -0.942. The van der Waals surface area contributed by atoms with Crippen LogP contribution in [0.2, 0.25) is 0 Å². The van der Waals surface area contributed by atoms with Crippen LogP contribution in [0.15, 0.2) is 46.0 Å². The number of benzene rings is 1. The van der Waals surface area contributed by atoms with E-state index >= 15 is 4.39 Å². The third kappa shape index (κ3) is 4.05. The number of carbonyl (C=O) groups is 1. The van der Waals surface area contributed by atoms with Crippen molar-refractivity contribution in [2.75, 3.05) is 19.7 Å². The molecule has 1 aromatic heterocycles. The van der Waals surface area contributed by atoms with E-state index < -0.39 is 17.2 Å². The fourth-order valence-electron chi connectivity index (χ4n) is 5.06. The normalized spacial score (nSPS) is 31.0. The molecule has 2 aliphatic heterocycles. The number of rotatable bonds is 5. The topological polar surface area (TPSA) is 80.8 Å². The second-order valence-corrected chi connectivity index (χ2v) is 11.3. The van der Waals surface area contributed by atoms with Crippen LogP contribution in [0.1, 0.15) is 30.2 Å². The highest BCUT2D eigenvalue weighted by Gasteiger charge is 2.70. The number of fused-ring (bicyclic) bond motifs is 1. The van der Waals surface area contributed by atoms with Gasteiger partial charge in [0, 0.05) is 35.2 Å². The molecule has 2 N–H and O–H groups in total. The maximum atomic E-state index is 15.2. The van der Waals surface area contributed by atoms with Gasteiger partial charge in [0.2, 0.25) is 6.41 Å². The number of halogens is 3. The zero-order valence-corrected chi connectivity index (χ0v) is 20.8. The molecule has 0 spiro atoms.